The van der Waals surface area contributed by atoms with Crippen molar-refractivity contribution in [3.05, 3.63) is 24.3 Å². The second kappa shape index (κ2) is 40.7. The maximum absolute atomic E-state index is 13.0. The molecular weight excluding hydrogens is 743 g/mol. The molecule has 348 valence electrons. The Balaban J connectivity index is 2.26. The van der Waals surface area contributed by atoms with Gasteiger partial charge in [-0.05, 0) is 38.5 Å². The topological polar surface area (TPSA) is 149 Å². The van der Waals surface area contributed by atoms with Crippen LogP contribution in [0.1, 0.15) is 232 Å². The first-order valence-corrected chi connectivity index (χ1v) is 25.0. The summed E-state index contributed by atoms with van der Waals surface area (Å²) in [5.41, 5.74) is 0. The van der Waals surface area contributed by atoms with Crippen molar-refractivity contribution in [2.24, 2.45) is 0 Å². The van der Waals surface area contributed by atoms with Gasteiger partial charge in [-0.2, -0.15) is 0 Å². The van der Waals surface area contributed by atoms with E-state index in [4.69, 9.17) is 9.47 Å². The summed E-state index contributed by atoms with van der Waals surface area (Å²) in [6.45, 7) is 3.75. The van der Waals surface area contributed by atoms with Gasteiger partial charge in [0.15, 0.2) is 6.29 Å². The zero-order valence-corrected chi connectivity index (χ0v) is 38.3. The fraction of sp³-hybridized carbons (Fsp3) is 0.900. The summed E-state index contributed by atoms with van der Waals surface area (Å²) in [6, 6.07) is -0.716. The number of unbranched alkanes of at least 4 members (excludes halogenated alkanes) is 28. The molecule has 1 amide bonds. The van der Waals surface area contributed by atoms with Crippen LogP contribution in [0.2, 0.25) is 0 Å². The van der Waals surface area contributed by atoms with Crippen LogP contribution in [0, 0.1) is 0 Å². The van der Waals surface area contributed by atoms with Crippen molar-refractivity contribution in [2.75, 3.05) is 13.2 Å². The molecular formula is C50H95NO8. The highest BCUT2D eigenvalue weighted by atomic mass is 16.7. The number of allylic oxidation sites excluding steroid dienone is 4. The first kappa shape index (κ1) is 55.7. The van der Waals surface area contributed by atoms with Crippen LogP contribution in [0.5, 0.6) is 0 Å². The van der Waals surface area contributed by atoms with Crippen molar-refractivity contribution >= 4 is 5.91 Å². The van der Waals surface area contributed by atoms with E-state index in [1.54, 1.807) is 0 Å². The predicted octanol–water partition coefficient (Wildman–Crippen LogP) is 11.1. The quantitative estimate of drug-likeness (QED) is 0.0263. The lowest BCUT2D eigenvalue weighted by atomic mass is 9.99. The zero-order valence-electron chi connectivity index (χ0n) is 38.3. The number of carbonyl (C=O) groups is 1. The molecule has 9 heteroatoms. The van der Waals surface area contributed by atoms with Gasteiger partial charge in [0.05, 0.1) is 25.4 Å². The summed E-state index contributed by atoms with van der Waals surface area (Å²) in [7, 11) is 0. The Morgan fingerprint density at radius 3 is 1.54 bits per heavy atom. The van der Waals surface area contributed by atoms with Gasteiger partial charge in [0.1, 0.15) is 24.4 Å². The lowest BCUT2D eigenvalue weighted by Gasteiger charge is -2.40. The van der Waals surface area contributed by atoms with Crippen LogP contribution in [0.25, 0.3) is 0 Å². The lowest BCUT2D eigenvalue weighted by Crippen LogP contribution is -2.60. The third-order valence-corrected chi connectivity index (χ3v) is 12.1. The second-order valence-electron chi connectivity index (χ2n) is 17.6. The van der Waals surface area contributed by atoms with Crippen LogP contribution in [0.4, 0.5) is 0 Å². The minimum Gasteiger partial charge on any atom is -0.394 e. The second-order valence-corrected chi connectivity index (χ2v) is 17.6. The van der Waals surface area contributed by atoms with Crippen molar-refractivity contribution < 1.29 is 39.8 Å². The van der Waals surface area contributed by atoms with Crippen LogP contribution in [0.15, 0.2) is 24.3 Å². The number of aliphatic hydroxyl groups excluding tert-OH is 5. The maximum atomic E-state index is 13.0. The number of hydrogen-bond donors (Lipinski definition) is 6. The van der Waals surface area contributed by atoms with Crippen LogP contribution in [-0.2, 0) is 14.3 Å². The van der Waals surface area contributed by atoms with E-state index in [2.05, 4.69) is 43.5 Å². The lowest BCUT2D eigenvalue weighted by molar-refractivity contribution is -0.302. The SMILES string of the molecule is CC/C=C\C/C=C\CCCCCCCCCCCCCCCCC(=O)NC(COC1OC(CO)C(O)C(O)C1O)C(O)CCCCCCCCCCCCCCCCC. The molecule has 9 nitrogen and oxygen atoms in total. The maximum Gasteiger partial charge on any atom is 0.220 e. The minimum atomic E-state index is -1.55. The number of aliphatic hydroxyl groups is 5. The molecule has 0 aromatic carbocycles. The van der Waals surface area contributed by atoms with Gasteiger partial charge in [-0.25, -0.2) is 0 Å². The highest BCUT2D eigenvalue weighted by Gasteiger charge is 2.44. The number of nitrogens with one attached hydrogen (secondary N) is 1. The molecule has 7 atom stereocenters. The van der Waals surface area contributed by atoms with Gasteiger partial charge < -0.3 is 40.3 Å². The smallest absolute Gasteiger partial charge is 0.220 e. The highest BCUT2D eigenvalue weighted by molar-refractivity contribution is 5.76. The van der Waals surface area contributed by atoms with Crippen molar-refractivity contribution in [1.29, 1.82) is 0 Å². The summed E-state index contributed by atoms with van der Waals surface area (Å²) in [5, 5.41) is 54.5. The third-order valence-electron chi connectivity index (χ3n) is 12.1. The van der Waals surface area contributed by atoms with E-state index in [0.29, 0.717) is 12.8 Å². The molecule has 0 aromatic rings. The molecule has 1 saturated heterocycles. The Labute approximate surface area is 362 Å². The molecule has 1 heterocycles. The molecule has 0 aliphatic carbocycles. The molecule has 1 aliphatic heterocycles. The average molecular weight is 838 g/mol. The molecule has 0 aromatic heterocycles. The molecule has 0 bridgehead atoms. The minimum absolute atomic E-state index is 0.135. The molecule has 7 unspecified atom stereocenters. The van der Waals surface area contributed by atoms with Crippen molar-refractivity contribution in [3.8, 4) is 0 Å². The highest BCUT2D eigenvalue weighted by Crippen LogP contribution is 2.23. The van der Waals surface area contributed by atoms with Gasteiger partial charge in [0.2, 0.25) is 5.91 Å². The van der Waals surface area contributed by atoms with E-state index < -0.39 is 49.5 Å². The van der Waals surface area contributed by atoms with Gasteiger partial charge in [-0.1, -0.05) is 212 Å². The Bertz CT molecular complexity index is 977. The average Bonchev–Trinajstić information content (AvgIpc) is 3.23. The van der Waals surface area contributed by atoms with Crippen LogP contribution in [0.3, 0.4) is 0 Å². The third kappa shape index (κ3) is 31.2. The molecule has 59 heavy (non-hydrogen) atoms. The fourth-order valence-corrected chi connectivity index (χ4v) is 8.08. The molecule has 1 rings (SSSR count). The monoisotopic (exact) mass is 838 g/mol. The predicted molar refractivity (Wildman–Crippen MR) is 244 cm³/mol. The van der Waals surface area contributed by atoms with Crippen LogP contribution >= 0.6 is 0 Å². The molecule has 1 aliphatic rings. The summed E-state index contributed by atoms with van der Waals surface area (Å²) in [4.78, 5) is 13.0. The molecule has 6 N–H and O–H groups in total. The first-order valence-electron chi connectivity index (χ1n) is 25.0. The van der Waals surface area contributed by atoms with E-state index >= 15 is 0 Å². The van der Waals surface area contributed by atoms with Crippen molar-refractivity contribution in [1.82, 2.24) is 5.32 Å². The molecule has 0 spiro atoms. The number of rotatable bonds is 42. The van der Waals surface area contributed by atoms with E-state index in [0.717, 1.165) is 51.4 Å². The van der Waals surface area contributed by atoms with Gasteiger partial charge in [-0.3, -0.25) is 4.79 Å². The van der Waals surface area contributed by atoms with Gasteiger partial charge >= 0.3 is 0 Å². The number of ether oxygens (including phenoxy) is 2. The zero-order chi connectivity index (χ0) is 43.0. The van der Waals surface area contributed by atoms with Gasteiger partial charge in [0.25, 0.3) is 0 Å². The van der Waals surface area contributed by atoms with Crippen LogP contribution < -0.4 is 5.32 Å². The van der Waals surface area contributed by atoms with E-state index in [-0.39, 0.29) is 12.5 Å². The normalized spacial score (nSPS) is 20.8. The molecule has 0 saturated carbocycles. The Morgan fingerprint density at radius 1 is 0.593 bits per heavy atom. The summed E-state index contributed by atoms with van der Waals surface area (Å²) >= 11 is 0. The molecule has 1 fully saturated rings. The van der Waals surface area contributed by atoms with Gasteiger partial charge in [-0.15, -0.1) is 0 Å². The van der Waals surface area contributed by atoms with E-state index in [1.807, 2.05) is 0 Å². The summed E-state index contributed by atoms with van der Waals surface area (Å²) < 4.78 is 11.3. The summed E-state index contributed by atoms with van der Waals surface area (Å²) in [5.74, 6) is -0.143. The van der Waals surface area contributed by atoms with Crippen molar-refractivity contribution in [3.63, 3.8) is 0 Å². The van der Waals surface area contributed by atoms with E-state index in [9.17, 15) is 30.3 Å². The Hall–Kier alpha value is -1.33. The number of carbonyl (C=O) groups excluding carboxylic acids is 1. The first-order chi connectivity index (χ1) is 28.8. The summed E-state index contributed by atoms with van der Waals surface area (Å²) in [6.07, 6.45) is 41.9. The van der Waals surface area contributed by atoms with Gasteiger partial charge in [0, 0.05) is 6.42 Å². The number of hydrogen-bond acceptors (Lipinski definition) is 8. The number of amides is 1. The fourth-order valence-electron chi connectivity index (χ4n) is 8.08. The standard InChI is InChI=1S/C50H95NO8/c1-3-5-7-9-11-13-15-17-19-20-21-22-23-24-26-28-30-32-34-36-38-40-46(54)51-43(42-58-50-49(57)48(56)47(55)45(41-52)59-50)44(53)39-37-35-33-31-29-27-25-18-16-14-12-10-8-6-4-2/h5,7,11,13,43-45,47-50,52-53,55-57H,3-4,6,8-10,12,14-42H2,1-2H3,(H,51,54)/b7-5-,13-11-. The van der Waals surface area contributed by atoms with Crippen molar-refractivity contribution in [2.45, 2.75) is 275 Å². The Morgan fingerprint density at radius 2 is 1.05 bits per heavy atom. The van der Waals surface area contributed by atoms with E-state index in [1.165, 1.54) is 154 Å². The Kier molecular flexibility index (Phi) is 38.4. The molecule has 0 radical (unpaired) electrons. The largest absolute Gasteiger partial charge is 0.394 e. The van der Waals surface area contributed by atoms with Crippen LogP contribution in [-0.4, -0.2) is 87.5 Å².